The highest BCUT2D eigenvalue weighted by Gasteiger charge is 2.59. The van der Waals surface area contributed by atoms with Gasteiger partial charge in [0.1, 0.15) is 0 Å². The molecule has 4 aliphatic carbocycles. The van der Waals surface area contributed by atoms with E-state index in [4.69, 9.17) is 0 Å². The number of hydrogen-bond acceptors (Lipinski definition) is 0. The van der Waals surface area contributed by atoms with E-state index < -0.39 is 0 Å². The van der Waals surface area contributed by atoms with Crippen LogP contribution in [0.2, 0.25) is 0 Å². The summed E-state index contributed by atoms with van der Waals surface area (Å²) < 4.78 is 0. The Bertz CT molecular complexity index is 1000. The molecule has 4 aliphatic rings. The highest BCUT2D eigenvalue weighted by atomic mass is 14.6. The average molecular weight is 453 g/mol. The smallest absolute Gasteiger partial charge is 0.00240 e. The Morgan fingerprint density at radius 1 is 0.882 bits per heavy atom. The summed E-state index contributed by atoms with van der Waals surface area (Å²) in [4.78, 5) is 0. The van der Waals surface area contributed by atoms with Crippen molar-refractivity contribution in [3.8, 4) is 0 Å². The minimum atomic E-state index is 0.186. The molecule has 1 aromatic carbocycles. The van der Waals surface area contributed by atoms with Crippen LogP contribution in [0.15, 0.2) is 90.6 Å². The van der Waals surface area contributed by atoms with E-state index in [2.05, 4.69) is 107 Å². The van der Waals surface area contributed by atoms with Crippen LogP contribution < -0.4 is 0 Å². The first kappa shape index (κ1) is 23.7. The first-order chi connectivity index (χ1) is 16.4. The van der Waals surface area contributed by atoms with E-state index in [9.17, 15) is 0 Å². The highest BCUT2D eigenvalue weighted by molar-refractivity contribution is 5.41. The van der Waals surface area contributed by atoms with E-state index in [-0.39, 0.29) is 10.8 Å². The third-order valence-corrected chi connectivity index (χ3v) is 9.69. The predicted molar refractivity (Wildman–Crippen MR) is 147 cm³/mol. The van der Waals surface area contributed by atoms with Gasteiger partial charge in [-0.1, -0.05) is 112 Å². The lowest BCUT2D eigenvalue weighted by molar-refractivity contribution is 0.108. The van der Waals surface area contributed by atoms with Crippen molar-refractivity contribution in [1.29, 1.82) is 0 Å². The second-order valence-corrected chi connectivity index (χ2v) is 12.6. The molecule has 0 heteroatoms. The standard InChI is InChI=1S/C34H44/c1-6-7-21-34(26-15-11-12-16-26,25-13-9-8-10-14-25)32-30-22-24(2)17-19-28(30)29-20-18-27(23-31(29)32)33(3,4)5/h6,8-10,13-14,17-20,22-23,26,28-32H,1,7,11-12,15-16,21H2,2-5H3. The van der Waals surface area contributed by atoms with Gasteiger partial charge in [0.15, 0.2) is 0 Å². The molecule has 0 N–H and O–H groups in total. The van der Waals surface area contributed by atoms with Crippen LogP contribution in [-0.4, -0.2) is 0 Å². The number of rotatable bonds is 6. The number of allylic oxidation sites excluding steroid dienone is 9. The maximum atomic E-state index is 4.18. The minimum absolute atomic E-state index is 0.186. The van der Waals surface area contributed by atoms with Crippen LogP contribution in [-0.2, 0) is 5.41 Å². The summed E-state index contributed by atoms with van der Waals surface area (Å²) in [6.45, 7) is 13.6. The summed E-state index contributed by atoms with van der Waals surface area (Å²) in [5.74, 6) is 3.79. The molecular weight excluding hydrogens is 408 g/mol. The van der Waals surface area contributed by atoms with Crippen LogP contribution in [0.3, 0.4) is 0 Å². The zero-order valence-corrected chi connectivity index (χ0v) is 21.8. The Labute approximate surface area is 208 Å². The van der Waals surface area contributed by atoms with Crippen LogP contribution in [0.4, 0.5) is 0 Å². The van der Waals surface area contributed by atoms with Crippen molar-refractivity contribution in [2.75, 3.05) is 0 Å². The molecule has 0 nitrogen and oxygen atoms in total. The Balaban J connectivity index is 1.73. The SMILES string of the molecule is C=CCCC(c1ccccc1)(C1CCCC1)C1C2C=C(C)C=CC2C2C=CC(C(C)(C)C)=CC21. The third-order valence-electron chi connectivity index (χ3n) is 9.69. The summed E-state index contributed by atoms with van der Waals surface area (Å²) in [7, 11) is 0. The van der Waals surface area contributed by atoms with Crippen LogP contribution in [0, 0.1) is 40.9 Å². The van der Waals surface area contributed by atoms with Crippen molar-refractivity contribution in [1.82, 2.24) is 0 Å². The summed E-state index contributed by atoms with van der Waals surface area (Å²) in [5, 5.41) is 0. The van der Waals surface area contributed by atoms with Gasteiger partial charge in [0, 0.05) is 5.41 Å². The molecule has 0 saturated heterocycles. The second kappa shape index (κ2) is 9.18. The summed E-state index contributed by atoms with van der Waals surface area (Å²) >= 11 is 0. The second-order valence-electron chi connectivity index (χ2n) is 12.6. The number of fused-ring (bicyclic) bond motifs is 3. The lowest BCUT2D eigenvalue weighted by Gasteiger charge is -2.50. The van der Waals surface area contributed by atoms with Gasteiger partial charge >= 0.3 is 0 Å². The maximum Gasteiger partial charge on any atom is 0.00240 e. The third kappa shape index (κ3) is 3.92. The molecule has 0 aliphatic heterocycles. The molecule has 34 heavy (non-hydrogen) atoms. The summed E-state index contributed by atoms with van der Waals surface area (Å²) in [5.41, 5.74) is 4.95. The molecule has 0 amide bonds. The van der Waals surface area contributed by atoms with Gasteiger partial charge in [0.2, 0.25) is 0 Å². The molecule has 6 atom stereocenters. The average Bonchev–Trinajstić information content (AvgIpc) is 3.47. The van der Waals surface area contributed by atoms with E-state index in [0.29, 0.717) is 29.6 Å². The molecule has 0 radical (unpaired) electrons. The largest absolute Gasteiger partial charge is 0.103 e. The molecule has 180 valence electrons. The molecule has 2 fully saturated rings. The van der Waals surface area contributed by atoms with Crippen LogP contribution >= 0.6 is 0 Å². The molecular formula is C34H44. The summed E-state index contributed by atoms with van der Waals surface area (Å²) in [6.07, 6.45) is 25.4. The van der Waals surface area contributed by atoms with Gasteiger partial charge in [-0.3, -0.25) is 0 Å². The minimum Gasteiger partial charge on any atom is -0.103 e. The molecule has 5 rings (SSSR count). The topological polar surface area (TPSA) is 0 Å². The first-order valence-corrected chi connectivity index (χ1v) is 13.8. The van der Waals surface area contributed by atoms with Crippen LogP contribution in [0.1, 0.15) is 71.8 Å². The maximum absolute atomic E-state index is 4.18. The Hall–Kier alpha value is -2.08. The fourth-order valence-corrected chi connectivity index (χ4v) is 8.22. The van der Waals surface area contributed by atoms with Gasteiger partial charge in [-0.05, 0) is 84.7 Å². The number of benzene rings is 1. The van der Waals surface area contributed by atoms with Gasteiger partial charge in [0.05, 0.1) is 0 Å². The predicted octanol–water partition coefficient (Wildman–Crippen LogP) is 9.23. The van der Waals surface area contributed by atoms with E-state index in [1.807, 2.05) is 0 Å². The zero-order valence-electron chi connectivity index (χ0n) is 21.8. The fraction of sp³-hybridized carbons (Fsp3) is 0.529. The van der Waals surface area contributed by atoms with Crippen molar-refractivity contribution in [2.24, 2.45) is 40.9 Å². The molecule has 0 aromatic heterocycles. The van der Waals surface area contributed by atoms with Gasteiger partial charge in [-0.15, -0.1) is 6.58 Å². The molecule has 0 heterocycles. The highest BCUT2D eigenvalue weighted by Crippen LogP contribution is 2.64. The van der Waals surface area contributed by atoms with Gasteiger partial charge in [-0.2, -0.15) is 0 Å². The first-order valence-electron chi connectivity index (χ1n) is 13.8. The normalized spacial score (nSPS) is 32.5. The fourth-order valence-electron chi connectivity index (χ4n) is 8.22. The van der Waals surface area contributed by atoms with Crippen molar-refractivity contribution >= 4 is 0 Å². The van der Waals surface area contributed by atoms with Gasteiger partial charge in [0.25, 0.3) is 0 Å². The van der Waals surface area contributed by atoms with Crippen molar-refractivity contribution < 1.29 is 0 Å². The van der Waals surface area contributed by atoms with E-state index in [1.54, 1.807) is 5.56 Å². The Kier molecular flexibility index (Phi) is 6.38. The van der Waals surface area contributed by atoms with Crippen LogP contribution in [0.5, 0.6) is 0 Å². The molecule has 2 saturated carbocycles. The van der Waals surface area contributed by atoms with E-state index in [0.717, 1.165) is 12.3 Å². The molecule has 0 bridgehead atoms. The van der Waals surface area contributed by atoms with Gasteiger partial charge < -0.3 is 0 Å². The van der Waals surface area contributed by atoms with Crippen molar-refractivity contribution in [3.05, 3.63) is 96.2 Å². The zero-order chi connectivity index (χ0) is 23.9. The quantitative estimate of drug-likeness (QED) is 0.377. The van der Waals surface area contributed by atoms with Gasteiger partial charge in [-0.25, -0.2) is 0 Å². The lowest BCUT2D eigenvalue weighted by Crippen LogP contribution is -2.46. The Morgan fingerprint density at radius 3 is 2.18 bits per heavy atom. The van der Waals surface area contributed by atoms with Crippen molar-refractivity contribution in [3.63, 3.8) is 0 Å². The monoisotopic (exact) mass is 452 g/mol. The molecule has 6 unspecified atom stereocenters. The van der Waals surface area contributed by atoms with E-state index >= 15 is 0 Å². The lowest BCUT2D eigenvalue weighted by atomic mass is 9.54. The Morgan fingerprint density at radius 2 is 1.53 bits per heavy atom. The molecule has 1 aromatic rings. The number of hydrogen-bond donors (Lipinski definition) is 0. The summed E-state index contributed by atoms with van der Waals surface area (Å²) in [6, 6.07) is 11.7. The van der Waals surface area contributed by atoms with Crippen LogP contribution in [0.25, 0.3) is 0 Å². The van der Waals surface area contributed by atoms with Crippen molar-refractivity contribution in [2.45, 2.75) is 71.6 Å². The molecule has 0 spiro atoms. The van der Waals surface area contributed by atoms with E-state index in [1.165, 1.54) is 43.3 Å².